The monoisotopic (exact) mass is 249 g/mol. The lowest BCUT2D eigenvalue weighted by atomic mass is 10.1. The maximum Gasteiger partial charge on any atom is 0.248 e. The Bertz CT molecular complexity index is 390. The maximum absolute atomic E-state index is 11.0. The number of nitrogens with two attached hydrogens (primary N) is 1. The summed E-state index contributed by atoms with van der Waals surface area (Å²) in [5.74, 6) is -0.378. The number of nitrogens with zero attached hydrogens (tertiary/aromatic N) is 1. The van der Waals surface area contributed by atoms with Crippen LogP contribution in [0, 0.1) is 0 Å². The first-order valence-corrected chi connectivity index (χ1v) is 6.30. The first-order chi connectivity index (χ1) is 8.50. The van der Waals surface area contributed by atoms with Crippen molar-refractivity contribution in [2.45, 2.75) is 26.4 Å². The Labute approximate surface area is 109 Å². The SMILES string of the molecule is CC(C)N(C)CCNCc1cccc(C(N)=O)c1. The Hall–Kier alpha value is -1.39. The summed E-state index contributed by atoms with van der Waals surface area (Å²) in [6.45, 7) is 7.04. The van der Waals surface area contributed by atoms with Crippen molar-refractivity contribution in [1.29, 1.82) is 0 Å². The number of carbonyl (C=O) groups excluding carboxylic acids is 1. The van der Waals surface area contributed by atoms with Crippen LogP contribution < -0.4 is 11.1 Å². The zero-order chi connectivity index (χ0) is 13.5. The van der Waals surface area contributed by atoms with Crippen molar-refractivity contribution < 1.29 is 4.79 Å². The van der Waals surface area contributed by atoms with Crippen LogP contribution in [-0.2, 0) is 6.54 Å². The summed E-state index contributed by atoms with van der Waals surface area (Å²) in [6.07, 6.45) is 0. The highest BCUT2D eigenvalue weighted by atomic mass is 16.1. The van der Waals surface area contributed by atoms with Crippen LogP contribution in [0.1, 0.15) is 29.8 Å². The van der Waals surface area contributed by atoms with Gasteiger partial charge in [0.2, 0.25) is 5.91 Å². The van der Waals surface area contributed by atoms with Crippen LogP contribution in [0.25, 0.3) is 0 Å². The fourth-order valence-electron chi connectivity index (χ4n) is 1.58. The molecule has 1 aromatic carbocycles. The van der Waals surface area contributed by atoms with Crippen LogP contribution in [0.5, 0.6) is 0 Å². The fraction of sp³-hybridized carbons (Fsp3) is 0.500. The van der Waals surface area contributed by atoms with Gasteiger partial charge in [0.05, 0.1) is 0 Å². The Morgan fingerprint density at radius 2 is 2.17 bits per heavy atom. The molecular formula is C14H23N3O. The van der Waals surface area contributed by atoms with Crippen LogP contribution in [0.4, 0.5) is 0 Å². The molecule has 0 heterocycles. The number of likely N-dealkylation sites (N-methyl/N-ethyl adjacent to an activating group) is 1. The number of rotatable bonds is 7. The van der Waals surface area contributed by atoms with Gasteiger partial charge in [0.1, 0.15) is 0 Å². The number of nitrogens with one attached hydrogen (secondary N) is 1. The van der Waals surface area contributed by atoms with Gasteiger partial charge in [-0.1, -0.05) is 12.1 Å². The van der Waals surface area contributed by atoms with Gasteiger partial charge < -0.3 is 16.0 Å². The smallest absolute Gasteiger partial charge is 0.248 e. The van der Waals surface area contributed by atoms with E-state index in [4.69, 9.17) is 5.73 Å². The second kappa shape index (κ2) is 7.13. The Kier molecular flexibility index (Phi) is 5.82. The van der Waals surface area contributed by atoms with Crippen LogP contribution in [0.3, 0.4) is 0 Å². The van der Waals surface area contributed by atoms with Gasteiger partial charge in [0, 0.05) is 31.2 Å². The molecule has 0 saturated heterocycles. The fourth-order valence-corrected chi connectivity index (χ4v) is 1.58. The summed E-state index contributed by atoms with van der Waals surface area (Å²) in [5.41, 5.74) is 6.89. The number of amides is 1. The van der Waals surface area contributed by atoms with Gasteiger partial charge in [0.15, 0.2) is 0 Å². The average molecular weight is 249 g/mol. The first kappa shape index (κ1) is 14.7. The molecule has 18 heavy (non-hydrogen) atoms. The van der Waals surface area contributed by atoms with Gasteiger partial charge in [-0.05, 0) is 38.6 Å². The van der Waals surface area contributed by atoms with Crippen molar-refractivity contribution in [3.8, 4) is 0 Å². The summed E-state index contributed by atoms with van der Waals surface area (Å²) in [7, 11) is 2.11. The molecule has 4 nitrogen and oxygen atoms in total. The van der Waals surface area contributed by atoms with E-state index in [0.29, 0.717) is 11.6 Å². The van der Waals surface area contributed by atoms with E-state index in [1.807, 2.05) is 18.2 Å². The van der Waals surface area contributed by atoms with Crippen molar-refractivity contribution in [3.63, 3.8) is 0 Å². The standard InChI is InChI=1S/C14H23N3O/c1-11(2)17(3)8-7-16-10-12-5-4-6-13(9-12)14(15)18/h4-6,9,11,16H,7-8,10H2,1-3H3,(H2,15,18). The lowest BCUT2D eigenvalue weighted by molar-refractivity contribution is 0.1000. The highest BCUT2D eigenvalue weighted by Gasteiger charge is 2.03. The van der Waals surface area contributed by atoms with E-state index in [-0.39, 0.29) is 5.91 Å². The Balaban J connectivity index is 2.35. The second-order valence-corrected chi connectivity index (χ2v) is 4.82. The quantitative estimate of drug-likeness (QED) is 0.714. The molecule has 0 aliphatic carbocycles. The molecule has 0 bridgehead atoms. The van der Waals surface area contributed by atoms with Gasteiger partial charge in [-0.2, -0.15) is 0 Å². The molecule has 3 N–H and O–H groups in total. The van der Waals surface area contributed by atoms with Crippen LogP contribution >= 0.6 is 0 Å². The predicted octanol–water partition coefficient (Wildman–Crippen LogP) is 1.22. The van der Waals surface area contributed by atoms with Gasteiger partial charge in [-0.3, -0.25) is 4.79 Å². The number of hydrogen-bond donors (Lipinski definition) is 2. The van der Waals surface area contributed by atoms with Gasteiger partial charge >= 0.3 is 0 Å². The summed E-state index contributed by atoms with van der Waals surface area (Å²) in [6, 6.07) is 7.98. The molecule has 0 radical (unpaired) electrons. The third kappa shape index (κ3) is 4.85. The molecule has 0 aliphatic rings. The van der Waals surface area contributed by atoms with Crippen molar-refractivity contribution in [2.24, 2.45) is 5.73 Å². The minimum Gasteiger partial charge on any atom is -0.366 e. The molecule has 100 valence electrons. The van der Waals surface area contributed by atoms with Crippen molar-refractivity contribution >= 4 is 5.91 Å². The zero-order valence-electron chi connectivity index (χ0n) is 11.4. The molecule has 1 aromatic rings. The molecule has 4 heteroatoms. The molecule has 0 atom stereocenters. The Morgan fingerprint density at radius 1 is 1.44 bits per heavy atom. The van der Waals surface area contributed by atoms with Crippen LogP contribution in [-0.4, -0.2) is 37.0 Å². The average Bonchev–Trinajstić information content (AvgIpc) is 2.34. The molecule has 0 aromatic heterocycles. The number of primary amides is 1. The number of benzene rings is 1. The topological polar surface area (TPSA) is 58.4 Å². The van der Waals surface area contributed by atoms with Gasteiger partial charge in [0.25, 0.3) is 0 Å². The predicted molar refractivity (Wildman–Crippen MR) is 74.4 cm³/mol. The number of carbonyl (C=O) groups is 1. The summed E-state index contributed by atoms with van der Waals surface area (Å²) in [4.78, 5) is 13.3. The summed E-state index contributed by atoms with van der Waals surface area (Å²) < 4.78 is 0. The van der Waals surface area contributed by atoms with E-state index in [9.17, 15) is 4.79 Å². The summed E-state index contributed by atoms with van der Waals surface area (Å²) in [5, 5.41) is 3.36. The third-order valence-electron chi connectivity index (χ3n) is 3.06. The highest BCUT2D eigenvalue weighted by molar-refractivity contribution is 5.92. The van der Waals surface area contributed by atoms with Crippen molar-refractivity contribution in [3.05, 3.63) is 35.4 Å². The van der Waals surface area contributed by atoms with E-state index in [0.717, 1.165) is 25.2 Å². The van der Waals surface area contributed by atoms with Crippen LogP contribution in [0.15, 0.2) is 24.3 Å². The second-order valence-electron chi connectivity index (χ2n) is 4.82. The third-order valence-corrected chi connectivity index (χ3v) is 3.06. The zero-order valence-corrected chi connectivity index (χ0v) is 11.4. The molecule has 0 saturated carbocycles. The molecule has 0 unspecified atom stereocenters. The molecule has 0 fully saturated rings. The highest BCUT2D eigenvalue weighted by Crippen LogP contribution is 2.04. The van der Waals surface area contributed by atoms with Gasteiger partial charge in [-0.25, -0.2) is 0 Å². The van der Waals surface area contributed by atoms with E-state index in [2.05, 4.69) is 31.1 Å². The lowest BCUT2D eigenvalue weighted by Crippen LogP contribution is -2.33. The molecule has 1 amide bonds. The van der Waals surface area contributed by atoms with Crippen molar-refractivity contribution in [1.82, 2.24) is 10.2 Å². The minimum absolute atomic E-state index is 0.378. The normalized spacial score (nSPS) is 11.2. The summed E-state index contributed by atoms with van der Waals surface area (Å²) >= 11 is 0. The van der Waals surface area contributed by atoms with Crippen molar-refractivity contribution in [2.75, 3.05) is 20.1 Å². The molecule has 1 rings (SSSR count). The molecule has 0 spiro atoms. The van der Waals surface area contributed by atoms with E-state index in [1.54, 1.807) is 6.07 Å². The van der Waals surface area contributed by atoms with Crippen LogP contribution in [0.2, 0.25) is 0 Å². The van der Waals surface area contributed by atoms with E-state index >= 15 is 0 Å². The molecule has 0 aliphatic heterocycles. The van der Waals surface area contributed by atoms with E-state index in [1.165, 1.54) is 0 Å². The van der Waals surface area contributed by atoms with Gasteiger partial charge in [-0.15, -0.1) is 0 Å². The van der Waals surface area contributed by atoms with E-state index < -0.39 is 0 Å². The largest absolute Gasteiger partial charge is 0.366 e. The lowest BCUT2D eigenvalue weighted by Gasteiger charge is -2.20. The minimum atomic E-state index is -0.378. The molecular weight excluding hydrogens is 226 g/mol. The first-order valence-electron chi connectivity index (χ1n) is 6.30. The Morgan fingerprint density at radius 3 is 2.78 bits per heavy atom. The maximum atomic E-state index is 11.0. The number of hydrogen-bond acceptors (Lipinski definition) is 3.